The van der Waals surface area contributed by atoms with Crippen LogP contribution in [0.4, 0.5) is 5.69 Å². The van der Waals surface area contributed by atoms with E-state index in [0.29, 0.717) is 5.56 Å². The molecule has 0 aromatic heterocycles. The monoisotopic (exact) mass is 302 g/mol. The minimum atomic E-state index is 0.711. The number of nitrogens with zero attached hydrogens (tertiary/aromatic N) is 1. The SMILES string of the molecule is N#Cc1cc(Br)ccc1NCC1CC2C=CC1C2. The van der Waals surface area contributed by atoms with E-state index in [-0.39, 0.29) is 0 Å². The van der Waals surface area contributed by atoms with Crippen LogP contribution in [0.25, 0.3) is 0 Å². The molecule has 0 aliphatic heterocycles. The molecule has 3 heteroatoms. The first kappa shape index (κ1) is 11.8. The Morgan fingerprint density at radius 2 is 2.22 bits per heavy atom. The molecule has 1 saturated carbocycles. The molecule has 1 fully saturated rings. The zero-order valence-electron chi connectivity index (χ0n) is 10.1. The summed E-state index contributed by atoms with van der Waals surface area (Å²) in [6, 6.07) is 8.06. The highest BCUT2D eigenvalue weighted by Gasteiger charge is 2.35. The number of nitriles is 1. The zero-order chi connectivity index (χ0) is 12.5. The number of nitrogens with one attached hydrogen (secondary N) is 1. The Bertz CT molecular complexity index is 530. The van der Waals surface area contributed by atoms with Crippen LogP contribution in [-0.4, -0.2) is 6.54 Å². The Morgan fingerprint density at radius 3 is 2.89 bits per heavy atom. The van der Waals surface area contributed by atoms with Crippen molar-refractivity contribution in [3.63, 3.8) is 0 Å². The molecule has 3 unspecified atom stereocenters. The summed E-state index contributed by atoms with van der Waals surface area (Å²) in [7, 11) is 0. The highest BCUT2D eigenvalue weighted by atomic mass is 79.9. The maximum Gasteiger partial charge on any atom is 0.101 e. The fraction of sp³-hybridized carbons (Fsp3) is 0.400. The average molecular weight is 303 g/mol. The lowest BCUT2D eigenvalue weighted by molar-refractivity contribution is 0.472. The number of benzene rings is 1. The van der Waals surface area contributed by atoms with Crippen LogP contribution < -0.4 is 5.32 Å². The van der Waals surface area contributed by atoms with Crippen LogP contribution in [0.2, 0.25) is 0 Å². The van der Waals surface area contributed by atoms with Crippen molar-refractivity contribution in [3.8, 4) is 6.07 Å². The fourth-order valence-corrected chi connectivity index (χ4v) is 3.49. The molecule has 92 valence electrons. The van der Waals surface area contributed by atoms with Crippen LogP contribution in [0.15, 0.2) is 34.8 Å². The van der Waals surface area contributed by atoms with Crippen molar-refractivity contribution in [1.29, 1.82) is 5.26 Å². The smallest absolute Gasteiger partial charge is 0.101 e. The van der Waals surface area contributed by atoms with Crippen molar-refractivity contribution in [2.24, 2.45) is 17.8 Å². The number of rotatable bonds is 3. The summed E-state index contributed by atoms with van der Waals surface area (Å²) in [5, 5.41) is 12.6. The van der Waals surface area contributed by atoms with Crippen molar-refractivity contribution in [2.75, 3.05) is 11.9 Å². The summed E-state index contributed by atoms with van der Waals surface area (Å²) < 4.78 is 0.951. The molecule has 1 aromatic rings. The van der Waals surface area contributed by atoms with Crippen LogP contribution in [0.1, 0.15) is 18.4 Å². The number of anilines is 1. The Hall–Kier alpha value is -1.27. The molecule has 3 rings (SSSR count). The Kier molecular flexibility index (Phi) is 3.13. The first-order valence-corrected chi connectivity index (χ1v) is 7.17. The molecule has 2 aliphatic rings. The number of hydrogen-bond donors (Lipinski definition) is 1. The molecule has 0 radical (unpaired) electrons. The third-order valence-electron chi connectivity index (χ3n) is 4.07. The van der Waals surface area contributed by atoms with E-state index in [2.05, 4.69) is 39.5 Å². The van der Waals surface area contributed by atoms with Gasteiger partial charge in [0, 0.05) is 11.0 Å². The predicted octanol–water partition coefficient (Wildman–Crippen LogP) is 3.94. The average Bonchev–Trinajstić information content (AvgIpc) is 2.99. The quantitative estimate of drug-likeness (QED) is 0.858. The topological polar surface area (TPSA) is 35.8 Å². The van der Waals surface area contributed by atoms with Gasteiger partial charge in [-0.2, -0.15) is 5.26 Å². The second-order valence-electron chi connectivity index (χ2n) is 5.22. The largest absolute Gasteiger partial charge is 0.384 e. The van der Waals surface area contributed by atoms with Crippen molar-refractivity contribution >= 4 is 21.6 Å². The normalized spacial score (nSPS) is 28.3. The van der Waals surface area contributed by atoms with Gasteiger partial charge in [-0.05, 0) is 48.8 Å². The summed E-state index contributed by atoms with van der Waals surface area (Å²) in [6.45, 7) is 0.974. The lowest BCUT2D eigenvalue weighted by Gasteiger charge is -2.19. The fourth-order valence-electron chi connectivity index (χ4n) is 3.13. The molecule has 18 heavy (non-hydrogen) atoms. The summed E-state index contributed by atoms with van der Waals surface area (Å²) in [4.78, 5) is 0. The van der Waals surface area contributed by atoms with Crippen molar-refractivity contribution in [2.45, 2.75) is 12.8 Å². The van der Waals surface area contributed by atoms with E-state index in [1.54, 1.807) is 0 Å². The molecule has 0 saturated heterocycles. The van der Waals surface area contributed by atoms with Gasteiger partial charge in [-0.25, -0.2) is 0 Å². The van der Waals surface area contributed by atoms with E-state index in [9.17, 15) is 0 Å². The lowest BCUT2D eigenvalue weighted by atomic mass is 9.93. The van der Waals surface area contributed by atoms with Gasteiger partial charge in [0.05, 0.1) is 11.3 Å². The molecule has 0 spiro atoms. The van der Waals surface area contributed by atoms with Crippen LogP contribution in [0, 0.1) is 29.1 Å². The van der Waals surface area contributed by atoms with Gasteiger partial charge in [-0.1, -0.05) is 28.1 Å². The van der Waals surface area contributed by atoms with Crippen LogP contribution >= 0.6 is 15.9 Å². The van der Waals surface area contributed by atoms with E-state index in [4.69, 9.17) is 5.26 Å². The highest BCUT2D eigenvalue weighted by Crippen LogP contribution is 2.43. The van der Waals surface area contributed by atoms with E-state index < -0.39 is 0 Å². The molecule has 0 amide bonds. The minimum absolute atomic E-state index is 0.711. The molecule has 2 aliphatic carbocycles. The molecule has 0 heterocycles. The first-order valence-electron chi connectivity index (χ1n) is 6.38. The molecule has 2 bridgehead atoms. The number of allylic oxidation sites excluding steroid dienone is 2. The summed E-state index contributed by atoms with van der Waals surface area (Å²) in [5.74, 6) is 2.29. The summed E-state index contributed by atoms with van der Waals surface area (Å²) >= 11 is 3.39. The molecule has 3 atom stereocenters. The Morgan fingerprint density at radius 1 is 1.33 bits per heavy atom. The molecular formula is C15H15BrN2. The van der Waals surface area contributed by atoms with E-state index in [1.165, 1.54) is 12.8 Å². The maximum absolute atomic E-state index is 9.12. The Labute approximate surface area is 116 Å². The van der Waals surface area contributed by atoms with Gasteiger partial charge in [0.2, 0.25) is 0 Å². The van der Waals surface area contributed by atoms with E-state index in [1.807, 2.05) is 18.2 Å². The Balaban J connectivity index is 1.67. The predicted molar refractivity (Wildman–Crippen MR) is 76.2 cm³/mol. The number of fused-ring (bicyclic) bond motifs is 2. The highest BCUT2D eigenvalue weighted by molar-refractivity contribution is 9.10. The standard InChI is InChI=1S/C15H15BrN2/c16-14-3-4-15(12(7-14)8-17)18-9-13-6-10-1-2-11(13)5-10/h1-4,7,10-11,13,18H,5-6,9H2. The maximum atomic E-state index is 9.12. The van der Waals surface area contributed by atoms with Crippen molar-refractivity contribution < 1.29 is 0 Å². The van der Waals surface area contributed by atoms with Gasteiger partial charge in [-0.3, -0.25) is 0 Å². The molecule has 1 aromatic carbocycles. The summed E-state index contributed by atoms with van der Waals surface area (Å²) in [5.41, 5.74) is 1.66. The van der Waals surface area contributed by atoms with E-state index >= 15 is 0 Å². The van der Waals surface area contributed by atoms with Gasteiger partial charge >= 0.3 is 0 Å². The molecule has 2 nitrogen and oxygen atoms in total. The van der Waals surface area contributed by atoms with Crippen molar-refractivity contribution in [3.05, 3.63) is 40.4 Å². The van der Waals surface area contributed by atoms with Gasteiger partial charge < -0.3 is 5.32 Å². The summed E-state index contributed by atoms with van der Waals surface area (Å²) in [6.07, 6.45) is 7.36. The van der Waals surface area contributed by atoms with Crippen LogP contribution in [-0.2, 0) is 0 Å². The van der Waals surface area contributed by atoms with Crippen molar-refractivity contribution in [1.82, 2.24) is 0 Å². The first-order chi connectivity index (χ1) is 8.76. The molecule has 1 N–H and O–H groups in total. The van der Waals surface area contributed by atoms with E-state index in [0.717, 1.165) is 34.5 Å². The second-order valence-corrected chi connectivity index (χ2v) is 6.14. The number of halogens is 1. The van der Waals surface area contributed by atoms with Gasteiger partial charge in [0.25, 0.3) is 0 Å². The van der Waals surface area contributed by atoms with Gasteiger partial charge in [0.15, 0.2) is 0 Å². The third-order valence-corrected chi connectivity index (χ3v) is 4.57. The van der Waals surface area contributed by atoms with Gasteiger partial charge in [0.1, 0.15) is 6.07 Å². The molecular weight excluding hydrogens is 288 g/mol. The van der Waals surface area contributed by atoms with Crippen LogP contribution in [0.5, 0.6) is 0 Å². The zero-order valence-corrected chi connectivity index (χ0v) is 11.7. The van der Waals surface area contributed by atoms with Gasteiger partial charge in [-0.15, -0.1) is 0 Å². The minimum Gasteiger partial charge on any atom is -0.384 e. The van der Waals surface area contributed by atoms with Crippen LogP contribution in [0.3, 0.4) is 0 Å². The lowest BCUT2D eigenvalue weighted by Crippen LogP contribution is -2.18. The third kappa shape index (κ3) is 2.18. The second kappa shape index (κ2) is 4.78. The number of hydrogen-bond acceptors (Lipinski definition) is 2.